The number of nitrogens with one attached hydrogen (secondary N) is 3. The average molecular weight is 326 g/mol. The monoisotopic (exact) mass is 326 g/mol. The second-order valence-electron chi connectivity index (χ2n) is 5.29. The molecule has 2 aromatic rings. The number of H-pyrrole nitrogens is 1. The van der Waals surface area contributed by atoms with E-state index in [4.69, 9.17) is 0 Å². The number of aryl methyl sites for hydroxylation is 2. The number of hydrogen-bond donors (Lipinski definition) is 3. The Hall–Kier alpha value is -1.38. The van der Waals surface area contributed by atoms with E-state index in [9.17, 15) is 8.42 Å². The van der Waals surface area contributed by atoms with Crippen LogP contribution in [0.1, 0.15) is 29.1 Å². The summed E-state index contributed by atoms with van der Waals surface area (Å²) in [6, 6.07) is 4.13. The number of thiophene rings is 1. The van der Waals surface area contributed by atoms with Gasteiger partial charge in [0.15, 0.2) is 0 Å². The van der Waals surface area contributed by atoms with E-state index in [1.807, 2.05) is 6.07 Å². The molecule has 1 saturated carbocycles. The van der Waals surface area contributed by atoms with E-state index < -0.39 is 10.0 Å². The van der Waals surface area contributed by atoms with Gasteiger partial charge in [0, 0.05) is 17.5 Å². The minimum atomic E-state index is -3.55. The fraction of sp³-hybridized carbons (Fsp3) is 0.462. The molecule has 1 aliphatic rings. The molecule has 0 unspecified atom stereocenters. The van der Waals surface area contributed by atoms with Gasteiger partial charge < -0.3 is 5.32 Å². The van der Waals surface area contributed by atoms with Gasteiger partial charge in [0.2, 0.25) is 0 Å². The molecule has 8 heteroatoms. The molecular weight excluding hydrogens is 308 g/mol. The van der Waals surface area contributed by atoms with Crippen molar-refractivity contribution in [3.63, 3.8) is 0 Å². The number of anilines is 1. The lowest BCUT2D eigenvalue weighted by Gasteiger charge is -2.06. The topological polar surface area (TPSA) is 86.9 Å². The maximum absolute atomic E-state index is 12.4. The highest BCUT2D eigenvalue weighted by molar-refractivity contribution is 7.94. The third-order valence-corrected chi connectivity index (χ3v) is 6.34. The summed E-state index contributed by atoms with van der Waals surface area (Å²) >= 11 is 1.30. The Morgan fingerprint density at radius 2 is 2.14 bits per heavy atom. The van der Waals surface area contributed by atoms with Crippen LogP contribution in [0.5, 0.6) is 0 Å². The summed E-state index contributed by atoms with van der Waals surface area (Å²) in [5.41, 5.74) is 1.88. The standard InChI is InChI=1S/C13H18N4O2S2/c1-8-13(9(2)16-15-8)17-21(18,19)12-6-5-11(20-12)7-14-10-3-4-10/h5-6,10,14,17H,3-4,7H2,1-2H3,(H,15,16). The van der Waals surface area contributed by atoms with Crippen molar-refractivity contribution < 1.29 is 8.42 Å². The molecule has 114 valence electrons. The molecule has 1 aliphatic carbocycles. The van der Waals surface area contributed by atoms with Crippen molar-refractivity contribution >= 4 is 27.0 Å². The highest BCUT2D eigenvalue weighted by atomic mass is 32.2. The predicted octanol–water partition coefficient (Wildman–Crippen LogP) is 2.14. The van der Waals surface area contributed by atoms with Gasteiger partial charge in [-0.05, 0) is 38.8 Å². The summed E-state index contributed by atoms with van der Waals surface area (Å²) < 4.78 is 27.7. The van der Waals surface area contributed by atoms with Crippen molar-refractivity contribution in [3.8, 4) is 0 Å². The van der Waals surface area contributed by atoms with Crippen LogP contribution in [0.2, 0.25) is 0 Å². The molecule has 6 nitrogen and oxygen atoms in total. The molecule has 2 aromatic heterocycles. The lowest BCUT2D eigenvalue weighted by molar-refractivity contribution is 0.603. The number of nitrogens with zero attached hydrogens (tertiary/aromatic N) is 1. The third-order valence-electron chi connectivity index (χ3n) is 3.41. The first kappa shape index (κ1) is 14.6. The van der Waals surface area contributed by atoms with Crippen molar-refractivity contribution in [2.24, 2.45) is 0 Å². The van der Waals surface area contributed by atoms with Crippen LogP contribution in [-0.4, -0.2) is 24.7 Å². The van der Waals surface area contributed by atoms with E-state index in [-0.39, 0.29) is 0 Å². The Kier molecular flexibility index (Phi) is 3.76. The molecule has 1 fully saturated rings. The van der Waals surface area contributed by atoms with Crippen molar-refractivity contribution in [3.05, 3.63) is 28.4 Å². The molecule has 3 rings (SSSR count). The lowest BCUT2D eigenvalue weighted by atomic mass is 10.3. The predicted molar refractivity (Wildman–Crippen MR) is 83.1 cm³/mol. The largest absolute Gasteiger partial charge is 0.309 e. The first-order chi connectivity index (χ1) is 9.95. The first-order valence-corrected chi connectivity index (χ1v) is 9.12. The summed E-state index contributed by atoms with van der Waals surface area (Å²) in [6.07, 6.45) is 2.44. The quantitative estimate of drug-likeness (QED) is 0.759. The van der Waals surface area contributed by atoms with Gasteiger partial charge in [-0.2, -0.15) is 5.10 Å². The summed E-state index contributed by atoms with van der Waals surface area (Å²) in [5.74, 6) is 0. The van der Waals surface area contributed by atoms with E-state index in [0.717, 1.165) is 11.4 Å². The maximum Gasteiger partial charge on any atom is 0.271 e. The van der Waals surface area contributed by atoms with Gasteiger partial charge >= 0.3 is 0 Å². The zero-order chi connectivity index (χ0) is 15.0. The summed E-state index contributed by atoms with van der Waals surface area (Å²) in [6.45, 7) is 4.28. The number of aromatic nitrogens is 2. The summed E-state index contributed by atoms with van der Waals surface area (Å²) in [7, 11) is -3.55. The first-order valence-electron chi connectivity index (χ1n) is 6.82. The van der Waals surface area contributed by atoms with Crippen LogP contribution in [0.3, 0.4) is 0 Å². The van der Waals surface area contributed by atoms with E-state index in [0.29, 0.717) is 27.3 Å². The SMILES string of the molecule is Cc1n[nH]c(C)c1NS(=O)(=O)c1ccc(CNC2CC2)s1. The van der Waals surface area contributed by atoms with Crippen LogP contribution in [0.25, 0.3) is 0 Å². The minimum absolute atomic E-state index is 0.329. The molecule has 0 spiro atoms. The zero-order valence-corrected chi connectivity index (χ0v) is 13.6. The number of aromatic amines is 1. The van der Waals surface area contributed by atoms with Crippen LogP contribution in [-0.2, 0) is 16.6 Å². The van der Waals surface area contributed by atoms with Gasteiger partial charge in [-0.3, -0.25) is 9.82 Å². The molecule has 3 N–H and O–H groups in total. The molecule has 0 aromatic carbocycles. The second-order valence-corrected chi connectivity index (χ2v) is 8.37. The normalized spacial score (nSPS) is 15.3. The van der Waals surface area contributed by atoms with E-state index >= 15 is 0 Å². The van der Waals surface area contributed by atoms with Gasteiger partial charge in [-0.25, -0.2) is 8.42 Å². The van der Waals surface area contributed by atoms with Crippen molar-refractivity contribution in [2.45, 2.75) is 43.5 Å². The Bertz CT molecular complexity index is 725. The number of rotatable bonds is 6. The highest BCUT2D eigenvalue weighted by Gasteiger charge is 2.22. The molecule has 0 saturated heterocycles. The van der Waals surface area contributed by atoms with Gasteiger partial charge in [0.1, 0.15) is 4.21 Å². The smallest absolute Gasteiger partial charge is 0.271 e. The van der Waals surface area contributed by atoms with E-state index in [2.05, 4.69) is 20.2 Å². The van der Waals surface area contributed by atoms with Gasteiger partial charge in [-0.15, -0.1) is 11.3 Å². The van der Waals surface area contributed by atoms with Crippen LogP contribution >= 0.6 is 11.3 Å². The molecule has 0 aliphatic heterocycles. The molecule has 0 radical (unpaired) electrons. The Labute approximate surface area is 128 Å². The van der Waals surface area contributed by atoms with Crippen LogP contribution < -0.4 is 10.0 Å². The molecule has 2 heterocycles. The van der Waals surface area contributed by atoms with Gasteiger partial charge in [-0.1, -0.05) is 0 Å². The lowest BCUT2D eigenvalue weighted by Crippen LogP contribution is -2.14. The third kappa shape index (κ3) is 3.28. The van der Waals surface area contributed by atoms with Crippen molar-refractivity contribution in [2.75, 3.05) is 4.72 Å². The van der Waals surface area contributed by atoms with Gasteiger partial charge in [0.05, 0.1) is 17.1 Å². The number of hydrogen-bond acceptors (Lipinski definition) is 5. The van der Waals surface area contributed by atoms with Crippen molar-refractivity contribution in [1.29, 1.82) is 0 Å². The molecule has 21 heavy (non-hydrogen) atoms. The number of sulfonamides is 1. The van der Waals surface area contributed by atoms with Crippen LogP contribution in [0.4, 0.5) is 5.69 Å². The van der Waals surface area contributed by atoms with E-state index in [1.165, 1.54) is 24.2 Å². The van der Waals surface area contributed by atoms with Crippen molar-refractivity contribution in [1.82, 2.24) is 15.5 Å². The fourth-order valence-corrected chi connectivity index (χ4v) is 4.50. The molecular formula is C13H18N4O2S2. The Balaban J connectivity index is 1.74. The second kappa shape index (κ2) is 5.43. The highest BCUT2D eigenvalue weighted by Crippen LogP contribution is 2.27. The van der Waals surface area contributed by atoms with Crippen LogP contribution in [0.15, 0.2) is 16.3 Å². The average Bonchev–Trinajstić information content (AvgIpc) is 3.06. The minimum Gasteiger partial charge on any atom is -0.309 e. The van der Waals surface area contributed by atoms with Crippen LogP contribution in [0, 0.1) is 13.8 Å². The maximum atomic E-state index is 12.4. The Morgan fingerprint density at radius 1 is 1.38 bits per heavy atom. The molecule has 0 atom stereocenters. The zero-order valence-electron chi connectivity index (χ0n) is 11.9. The van der Waals surface area contributed by atoms with E-state index in [1.54, 1.807) is 19.9 Å². The summed E-state index contributed by atoms with van der Waals surface area (Å²) in [4.78, 5) is 1.03. The molecule has 0 amide bonds. The fourth-order valence-electron chi connectivity index (χ4n) is 2.02. The Morgan fingerprint density at radius 3 is 2.76 bits per heavy atom. The summed E-state index contributed by atoms with van der Waals surface area (Å²) in [5, 5.41) is 10.2. The molecule has 0 bridgehead atoms. The van der Waals surface area contributed by atoms with Gasteiger partial charge in [0.25, 0.3) is 10.0 Å².